The smallest absolute Gasteiger partial charge is 0.371 e. The van der Waals surface area contributed by atoms with Gasteiger partial charge in [0.05, 0.1) is 13.2 Å². The summed E-state index contributed by atoms with van der Waals surface area (Å²) in [6.07, 6.45) is -0.353. The number of benzene rings is 1. The number of ether oxygens (including phenoxy) is 2. The summed E-state index contributed by atoms with van der Waals surface area (Å²) in [5, 5.41) is 8.84. The molecule has 1 fully saturated rings. The minimum Gasteiger partial charge on any atom is -0.475 e. The molecule has 5 nitrogen and oxygen atoms in total. The zero-order chi connectivity index (χ0) is 13.2. The quantitative estimate of drug-likeness (QED) is 0.918. The van der Waals surface area contributed by atoms with Crippen LogP contribution in [0.1, 0.15) is 22.4 Å². The predicted octanol–water partition coefficient (Wildman–Crippen LogP) is 2.69. The molecule has 1 N–H and O–H groups in total. The van der Waals surface area contributed by atoms with E-state index in [2.05, 4.69) is 0 Å². The van der Waals surface area contributed by atoms with Crippen LogP contribution >= 0.6 is 0 Å². The van der Waals surface area contributed by atoms with E-state index < -0.39 is 5.97 Å². The SMILES string of the molecule is O=C(O)c1ccc(-c2cccc(C3OCCO3)c2)o1. The van der Waals surface area contributed by atoms with E-state index >= 15 is 0 Å². The van der Waals surface area contributed by atoms with Gasteiger partial charge in [-0.2, -0.15) is 0 Å². The van der Waals surface area contributed by atoms with Gasteiger partial charge in [-0.25, -0.2) is 4.79 Å². The second kappa shape index (κ2) is 4.87. The number of rotatable bonds is 3. The van der Waals surface area contributed by atoms with Gasteiger partial charge >= 0.3 is 5.97 Å². The maximum absolute atomic E-state index is 10.8. The molecule has 0 aliphatic carbocycles. The summed E-state index contributed by atoms with van der Waals surface area (Å²) in [5.41, 5.74) is 1.69. The highest BCUT2D eigenvalue weighted by Crippen LogP contribution is 2.28. The average Bonchev–Trinajstić information content (AvgIpc) is 3.10. The van der Waals surface area contributed by atoms with Gasteiger partial charge in [-0.1, -0.05) is 18.2 Å². The third-order valence-corrected chi connectivity index (χ3v) is 2.88. The van der Waals surface area contributed by atoms with Gasteiger partial charge in [0.2, 0.25) is 5.76 Å². The molecule has 1 saturated heterocycles. The van der Waals surface area contributed by atoms with Crippen LogP contribution in [0.3, 0.4) is 0 Å². The number of aromatic carboxylic acids is 1. The van der Waals surface area contributed by atoms with Crippen molar-refractivity contribution in [3.05, 3.63) is 47.7 Å². The topological polar surface area (TPSA) is 68.9 Å². The molecule has 19 heavy (non-hydrogen) atoms. The number of hydrogen-bond acceptors (Lipinski definition) is 4. The van der Waals surface area contributed by atoms with Crippen molar-refractivity contribution in [2.45, 2.75) is 6.29 Å². The van der Waals surface area contributed by atoms with Crippen molar-refractivity contribution < 1.29 is 23.8 Å². The van der Waals surface area contributed by atoms with E-state index in [1.165, 1.54) is 6.07 Å². The fraction of sp³-hybridized carbons (Fsp3) is 0.214. The molecule has 1 aromatic heterocycles. The molecule has 0 saturated carbocycles. The highest BCUT2D eigenvalue weighted by atomic mass is 16.7. The Kier molecular flexibility index (Phi) is 3.06. The third-order valence-electron chi connectivity index (χ3n) is 2.88. The van der Waals surface area contributed by atoms with Gasteiger partial charge in [-0.3, -0.25) is 0 Å². The highest BCUT2D eigenvalue weighted by Gasteiger charge is 2.19. The molecule has 0 bridgehead atoms. The van der Waals surface area contributed by atoms with Crippen LogP contribution in [0.2, 0.25) is 0 Å². The summed E-state index contributed by atoms with van der Waals surface area (Å²) >= 11 is 0. The van der Waals surface area contributed by atoms with Gasteiger partial charge in [0.1, 0.15) is 5.76 Å². The molecule has 2 heterocycles. The zero-order valence-corrected chi connectivity index (χ0v) is 10.0. The van der Waals surface area contributed by atoms with Crippen LogP contribution in [-0.4, -0.2) is 24.3 Å². The first-order valence-electron chi connectivity index (χ1n) is 5.91. The molecule has 1 aromatic carbocycles. The van der Waals surface area contributed by atoms with Crippen LogP contribution < -0.4 is 0 Å². The molecular weight excluding hydrogens is 248 g/mol. The van der Waals surface area contributed by atoms with Crippen molar-refractivity contribution in [3.8, 4) is 11.3 Å². The average molecular weight is 260 g/mol. The molecule has 0 spiro atoms. The van der Waals surface area contributed by atoms with E-state index in [0.29, 0.717) is 19.0 Å². The molecule has 1 aliphatic heterocycles. The van der Waals surface area contributed by atoms with E-state index in [9.17, 15) is 4.79 Å². The van der Waals surface area contributed by atoms with Gasteiger partial charge in [-0.15, -0.1) is 0 Å². The lowest BCUT2D eigenvalue weighted by atomic mass is 10.1. The summed E-state index contributed by atoms with van der Waals surface area (Å²) in [7, 11) is 0. The molecular formula is C14H12O5. The molecule has 0 amide bonds. The van der Waals surface area contributed by atoms with Crippen LogP contribution in [-0.2, 0) is 9.47 Å². The molecule has 5 heteroatoms. The van der Waals surface area contributed by atoms with E-state index in [1.54, 1.807) is 6.07 Å². The largest absolute Gasteiger partial charge is 0.475 e. The highest BCUT2D eigenvalue weighted by molar-refractivity contribution is 5.85. The summed E-state index contributed by atoms with van der Waals surface area (Å²) in [6.45, 7) is 1.16. The van der Waals surface area contributed by atoms with E-state index in [0.717, 1.165) is 11.1 Å². The monoisotopic (exact) mass is 260 g/mol. The number of carboxylic acids is 1. The first kappa shape index (κ1) is 12.0. The lowest BCUT2D eigenvalue weighted by molar-refractivity contribution is -0.0440. The molecule has 0 atom stereocenters. The molecule has 0 unspecified atom stereocenters. The fourth-order valence-corrected chi connectivity index (χ4v) is 2.00. The van der Waals surface area contributed by atoms with Gasteiger partial charge < -0.3 is 19.0 Å². The number of carboxylic acid groups (broad SMARTS) is 1. The van der Waals surface area contributed by atoms with Gasteiger partial charge in [0, 0.05) is 11.1 Å². The number of carbonyl (C=O) groups is 1. The second-order valence-electron chi connectivity index (χ2n) is 4.17. The summed E-state index contributed by atoms with van der Waals surface area (Å²) in [6, 6.07) is 10.6. The number of furan rings is 1. The summed E-state index contributed by atoms with van der Waals surface area (Å²) in [4.78, 5) is 10.8. The lowest BCUT2D eigenvalue weighted by Crippen LogP contribution is -1.97. The zero-order valence-electron chi connectivity index (χ0n) is 10.0. The molecule has 0 radical (unpaired) electrons. The molecule has 1 aliphatic rings. The summed E-state index contributed by atoms with van der Waals surface area (Å²) < 4.78 is 16.1. The molecule has 3 rings (SSSR count). The van der Waals surface area contributed by atoms with Crippen molar-refractivity contribution >= 4 is 5.97 Å². The van der Waals surface area contributed by atoms with Crippen molar-refractivity contribution in [2.75, 3.05) is 13.2 Å². The normalized spacial score (nSPS) is 15.8. The van der Waals surface area contributed by atoms with Crippen LogP contribution in [0.4, 0.5) is 0 Å². The van der Waals surface area contributed by atoms with E-state index in [1.807, 2.05) is 24.3 Å². The Bertz CT molecular complexity index is 595. The Morgan fingerprint density at radius 2 is 1.95 bits per heavy atom. The molecule has 98 valence electrons. The first-order chi connectivity index (χ1) is 9.24. The minimum absolute atomic E-state index is 0.0752. The van der Waals surface area contributed by atoms with Gasteiger partial charge in [0.25, 0.3) is 0 Å². The fourth-order valence-electron chi connectivity index (χ4n) is 2.00. The van der Waals surface area contributed by atoms with Gasteiger partial charge in [-0.05, 0) is 18.2 Å². The Hall–Kier alpha value is -2.11. The van der Waals surface area contributed by atoms with Crippen LogP contribution in [0, 0.1) is 0 Å². The van der Waals surface area contributed by atoms with Gasteiger partial charge in [0.15, 0.2) is 6.29 Å². The standard InChI is InChI=1S/C14H12O5/c15-13(16)12-5-4-11(19-12)9-2-1-3-10(8-9)14-17-6-7-18-14/h1-5,8,14H,6-7H2,(H,15,16). The Balaban J connectivity index is 1.91. The van der Waals surface area contributed by atoms with Crippen molar-refractivity contribution in [1.82, 2.24) is 0 Å². The lowest BCUT2D eigenvalue weighted by Gasteiger charge is -2.09. The van der Waals surface area contributed by atoms with Crippen LogP contribution in [0.5, 0.6) is 0 Å². The maximum atomic E-state index is 10.8. The third kappa shape index (κ3) is 2.38. The summed E-state index contributed by atoms with van der Waals surface area (Å²) in [5.74, 6) is -0.643. The second-order valence-corrected chi connectivity index (χ2v) is 4.17. The van der Waals surface area contributed by atoms with Crippen molar-refractivity contribution in [2.24, 2.45) is 0 Å². The molecule has 2 aromatic rings. The maximum Gasteiger partial charge on any atom is 0.371 e. The Labute approximate surface area is 109 Å². The first-order valence-corrected chi connectivity index (χ1v) is 5.91. The van der Waals surface area contributed by atoms with Crippen LogP contribution in [0.25, 0.3) is 11.3 Å². The van der Waals surface area contributed by atoms with E-state index in [-0.39, 0.29) is 12.1 Å². The van der Waals surface area contributed by atoms with Crippen LogP contribution in [0.15, 0.2) is 40.8 Å². The van der Waals surface area contributed by atoms with Crippen molar-refractivity contribution in [1.29, 1.82) is 0 Å². The minimum atomic E-state index is -1.08. The van der Waals surface area contributed by atoms with E-state index in [4.69, 9.17) is 19.0 Å². The number of hydrogen-bond donors (Lipinski definition) is 1. The van der Waals surface area contributed by atoms with Crippen molar-refractivity contribution in [3.63, 3.8) is 0 Å². The predicted molar refractivity (Wildman–Crippen MR) is 65.7 cm³/mol. The Morgan fingerprint density at radius 1 is 1.16 bits per heavy atom. The Morgan fingerprint density at radius 3 is 2.63 bits per heavy atom.